The van der Waals surface area contributed by atoms with Gasteiger partial charge < -0.3 is 0 Å². The summed E-state index contributed by atoms with van der Waals surface area (Å²) < 4.78 is 74.8. The molecule has 0 amide bonds. The molecule has 0 aromatic rings. The normalized spacial score (nSPS) is 20.7. The maximum atomic E-state index is 12.5. The fourth-order valence-electron chi connectivity index (χ4n) is 1.35. The van der Waals surface area contributed by atoms with Gasteiger partial charge in [-0.3, -0.25) is 0 Å². The molecule has 0 aromatic heterocycles. The van der Waals surface area contributed by atoms with Gasteiger partial charge in [-0.25, -0.2) is 0 Å². The first-order chi connectivity index (χ1) is 7.42. The average Bonchev–Trinajstić information content (AvgIpc) is 2.20. The Bertz CT molecular complexity index is 389. The summed E-state index contributed by atoms with van der Waals surface area (Å²) in [5.74, 6) is 0. The third-order valence-corrected chi connectivity index (χ3v) is 2.19. The van der Waals surface area contributed by atoms with Crippen LogP contribution in [0.15, 0.2) is 35.5 Å². The Morgan fingerprint density at radius 2 is 1.35 bits per heavy atom. The van der Waals surface area contributed by atoms with Gasteiger partial charge in [-0.2, -0.15) is 26.3 Å². The Kier molecular flexibility index (Phi) is 3.20. The molecule has 1 aliphatic carbocycles. The van der Waals surface area contributed by atoms with Gasteiger partial charge in [-0.15, -0.1) is 0 Å². The van der Waals surface area contributed by atoms with Crippen LogP contribution in [-0.4, -0.2) is 12.4 Å². The molecule has 0 nitrogen and oxygen atoms in total. The molecule has 1 aliphatic rings. The van der Waals surface area contributed by atoms with E-state index in [9.17, 15) is 26.3 Å². The van der Waals surface area contributed by atoms with Gasteiger partial charge in [-0.05, 0) is 6.08 Å². The minimum Gasteiger partial charge on any atom is -0.166 e. The molecule has 0 fully saturated rings. The average molecular weight is 256 g/mol. The minimum atomic E-state index is -4.79. The Labute approximate surface area is 94.3 Å². The third kappa shape index (κ3) is 3.64. The van der Waals surface area contributed by atoms with Gasteiger partial charge in [0.2, 0.25) is 0 Å². The number of halogens is 6. The van der Waals surface area contributed by atoms with Crippen molar-refractivity contribution in [1.29, 1.82) is 0 Å². The topological polar surface area (TPSA) is 0 Å². The van der Waals surface area contributed by atoms with E-state index in [4.69, 9.17) is 0 Å². The van der Waals surface area contributed by atoms with Crippen LogP contribution in [0.25, 0.3) is 0 Å². The highest BCUT2D eigenvalue weighted by molar-refractivity contribution is 5.41. The number of rotatable bonds is 0. The van der Waals surface area contributed by atoms with Crippen LogP contribution in [0.4, 0.5) is 26.3 Å². The zero-order valence-corrected chi connectivity index (χ0v) is 9.08. The second kappa shape index (κ2) is 3.92. The molecule has 0 unspecified atom stereocenters. The summed E-state index contributed by atoms with van der Waals surface area (Å²) in [5.41, 5.74) is -3.65. The quantitative estimate of drug-likeness (QED) is 0.557. The molecule has 17 heavy (non-hydrogen) atoms. The maximum Gasteiger partial charge on any atom is 0.416 e. The molecule has 0 saturated carbocycles. The van der Waals surface area contributed by atoms with Gasteiger partial charge in [0.1, 0.15) is 0 Å². The van der Waals surface area contributed by atoms with Crippen molar-refractivity contribution < 1.29 is 26.3 Å². The van der Waals surface area contributed by atoms with E-state index < -0.39 is 28.9 Å². The largest absolute Gasteiger partial charge is 0.416 e. The summed E-state index contributed by atoms with van der Waals surface area (Å²) in [5, 5.41) is 0. The van der Waals surface area contributed by atoms with Gasteiger partial charge in [0, 0.05) is 5.41 Å². The summed E-state index contributed by atoms with van der Waals surface area (Å²) in [4.78, 5) is 0. The Morgan fingerprint density at radius 3 is 1.76 bits per heavy atom. The van der Waals surface area contributed by atoms with Crippen LogP contribution < -0.4 is 0 Å². The molecule has 0 saturated heterocycles. The van der Waals surface area contributed by atoms with E-state index in [0.29, 0.717) is 6.08 Å². The summed E-state index contributed by atoms with van der Waals surface area (Å²) in [6.07, 6.45) is -6.89. The summed E-state index contributed by atoms with van der Waals surface area (Å²) in [6.45, 7) is 2.81. The van der Waals surface area contributed by atoms with E-state index in [1.54, 1.807) is 0 Å². The molecule has 0 aliphatic heterocycles. The summed E-state index contributed by atoms with van der Waals surface area (Å²) >= 11 is 0. The molecule has 0 bridgehead atoms. The van der Waals surface area contributed by atoms with Crippen LogP contribution in [0.2, 0.25) is 0 Å². The lowest BCUT2D eigenvalue weighted by atomic mass is 9.91. The first-order valence-electron chi connectivity index (χ1n) is 4.70. The zero-order valence-electron chi connectivity index (χ0n) is 9.08. The van der Waals surface area contributed by atoms with Crippen molar-refractivity contribution in [2.75, 3.05) is 0 Å². The lowest BCUT2D eigenvalue weighted by molar-refractivity contribution is -0.0934. The molecule has 0 heterocycles. The Hall–Kier alpha value is -1.20. The van der Waals surface area contributed by atoms with Crippen LogP contribution in [0.1, 0.15) is 13.8 Å². The van der Waals surface area contributed by atoms with Crippen molar-refractivity contribution in [3.8, 4) is 0 Å². The summed E-state index contributed by atoms with van der Waals surface area (Å²) in [7, 11) is 0. The second-order valence-electron chi connectivity index (χ2n) is 4.35. The number of hydrogen-bond acceptors (Lipinski definition) is 0. The first-order valence-corrected chi connectivity index (χ1v) is 4.70. The minimum absolute atomic E-state index is 0.130. The molecule has 0 atom stereocenters. The molecule has 0 radical (unpaired) electrons. The standard InChI is InChI=1S/C11H10F6/c1-9(2)4-3-7(10(12,13)14)5-8(6-9)11(15,16)17/h3-6H,1-2H3. The van der Waals surface area contributed by atoms with E-state index in [1.807, 2.05) is 0 Å². The van der Waals surface area contributed by atoms with Gasteiger partial charge in [-0.1, -0.05) is 32.1 Å². The smallest absolute Gasteiger partial charge is 0.166 e. The van der Waals surface area contributed by atoms with E-state index in [-0.39, 0.29) is 6.08 Å². The highest BCUT2D eigenvalue weighted by atomic mass is 19.4. The molecular weight excluding hydrogens is 246 g/mol. The highest BCUT2D eigenvalue weighted by Gasteiger charge is 2.39. The molecular formula is C11H10F6. The van der Waals surface area contributed by atoms with Crippen LogP contribution in [0.3, 0.4) is 0 Å². The van der Waals surface area contributed by atoms with Crippen LogP contribution >= 0.6 is 0 Å². The molecule has 6 heteroatoms. The molecule has 0 aromatic carbocycles. The monoisotopic (exact) mass is 256 g/mol. The number of alkyl halides is 6. The van der Waals surface area contributed by atoms with E-state index in [1.165, 1.54) is 13.8 Å². The van der Waals surface area contributed by atoms with Crippen LogP contribution in [-0.2, 0) is 0 Å². The molecule has 0 N–H and O–H groups in total. The van der Waals surface area contributed by atoms with E-state index in [2.05, 4.69) is 0 Å². The van der Waals surface area contributed by atoms with Gasteiger partial charge in [0.15, 0.2) is 0 Å². The van der Waals surface area contributed by atoms with Crippen molar-refractivity contribution in [3.05, 3.63) is 35.5 Å². The molecule has 96 valence electrons. The zero-order chi connectivity index (χ0) is 13.5. The van der Waals surface area contributed by atoms with E-state index >= 15 is 0 Å². The van der Waals surface area contributed by atoms with Crippen molar-refractivity contribution in [2.45, 2.75) is 26.2 Å². The fraction of sp³-hybridized carbons (Fsp3) is 0.455. The lowest BCUT2D eigenvalue weighted by Gasteiger charge is -2.16. The highest BCUT2D eigenvalue weighted by Crippen LogP contribution is 2.38. The number of allylic oxidation sites excluding steroid dienone is 6. The van der Waals surface area contributed by atoms with Crippen molar-refractivity contribution in [2.24, 2.45) is 5.41 Å². The predicted octanol–water partition coefficient (Wildman–Crippen LogP) is 4.56. The van der Waals surface area contributed by atoms with Crippen molar-refractivity contribution in [1.82, 2.24) is 0 Å². The van der Waals surface area contributed by atoms with Crippen molar-refractivity contribution >= 4 is 0 Å². The molecule has 1 rings (SSSR count). The van der Waals surface area contributed by atoms with E-state index in [0.717, 1.165) is 12.2 Å². The van der Waals surface area contributed by atoms with Crippen molar-refractivity contribution in [3.63, 3.8) is 0 Å². The van der Waals surface area contributed by atoms with Gasteiger partial charge in [0.25, 0.3) is 0 Å². The Morgan fingerprint density at radius 1 is 0.882 bits per heavy atom. The SMILES string of the molecule is CC1(C)C=CC(C(F)(F)F)=CC(C(F)(F)F)=C1. The van der Waals surface area contributed by atoms with Crippen LogP contribution in [0, 0.1) is 5.41 Å². The first kappa shape index (κ1) is 13.9. The number of hydrogen-bond donors (Lipinski definition) is 0. The predicted molar refractivity (Wildman–Crippen MR) is 51.2 cm³/mol. The third-order valence-electron chi connectivity index (χ3n) is 2.19. The Balaban J connectivity index is 3.32. The summed E-state index contributed by atoms with van der Waals surface area (Å²) in [6, 6.07) is 0. The second-order valence-corrected chi connectivity index (χ2v) is 4.35. The fourth-order valence-corrected chi connectivity index (χ4v) is 1.35. The van der Waals surface area contributed by atoms with Crippen LogP contribution in [0.5, 0.6) is 0 Å². The van der Waals surface area contributed by atoms with Gasteiger partial charge in [0.05, 0.1) is 11.1 Å². The van der Waals surface area contributed by atoms with Gasteiger partial charge >= 0.3 is 12.4 Å². The molecule has 0 spiro atoms. The maximum absolute atomic E-state index is 12.5. The lowest BCUT2D eigenvalue weighted by Crippen LogP contribution is -2.15.